The zero-order valence-electron chi connectivity index (χ0n) is 13.7. The van der Waals surface area contributed by atoms with E-state index < -0.39 is 0 Å². The van der Waals surface area contributed by atoms with E-state index in [1.165, 1.54) is 10.4 Å². The summed E-state index contributed by atoms with van der Waals surface area (Å²) in [4.78, 5) is 19.2. The number of carbonyl (C=O) groups is 1. The van der Waals surface area contributed by atoms with Crippen molar-refractivity contribution in [2.24, 2.45) is 0 Å². The average molecular weight is 328 g/mol. The summed E-state index contributed by atoms with van der Waals surface area (Å²) >= 11 is 1.64. The van der Waals surface area contributed by atoms with Gasteiger partial charge in [0.05, 0.1) is 4.88 Å². The van der Waals surface area contributed by atoms with Crippen molar-refractivity contribution in [3.63, 3.8) is 0 Å². The molecule has 23 heavy (non-hydrogen) atoms. The molecule has 3 nitrogen and oxygen atoms in total. The van der Waals surface area contributed by atoms with Gasteiger partial charge in [-0.05, 0) is 30.5 Å². The molecule has 3 rings (SSSR count). The first-order chi connectivity index (χ1) is 11.3. The van der Waals surface area contributed by atoms with Gasteiger partial charge in [-0.3, -0.25) is 9.69 Å². The van der Waals surface area contributed by atoms with Crippen molar-refractivity contribution in [3.05, 3.63) is 57.8 Å². The molecule has 0 atom stereocenters. The monoisotopic (exact) mass is 328 g/mol. The van der Waals surface area contributed by atoms with E-state index >= 15 is 0 Å². The Balaban J connectivity index is 1.47. The summed E-state index contributed by atoms with van der Waals surface area (Å²) in [5.41, 5.74) is 1.39. The summed E-state index contributed by atoms with van der Waals surface area (Å²) in [5.74, 6) is 0.206. The molecule has 4 heteroatoms. The van der Waals surface area contributed by atoms with Gasteiger partial charge in [0, 0.05) is 37.6 Å². The van der Waals surface area contributed by atoms with Crippen molar-refractivity contribution in [3.8, 4) is 0 Å². The van der Waals surface area contributed by atoms with Gasteiger partial charge in [0.1, 0.15) is 0 Å². The van der Waals surface area contributed by atoms with Gasteiger partial charge in [-0.2, -0.15) is 0 Å². The van der Waals surface area contributed by atoms with Crippen LogP contribution in [0.25, 0.3) is 0 Å². The number of nitrogens with zero attached hydrogens (tertiary/aromatic N) is 2. The van der Waals surface area contributed by atoms with Crippen LogP contribution in [0.3, 0.4) is 0 Å². The van der Waals surface area contributed by atoms with Gasteiger partial charge >= 0.3 is 0 Å². The maximum absolute atomic E-state index is 12.5. The van der Waals surface area contributed by atoms with E-state index in [4.69, 9.17) is 0 Å². The minimum atomic E-state index is 0.206. The highest BCUT2D eigenvalue weighted by Gasteiger charge is 2.22. The minimum absolute atomic E-state index is 0.206. The van der Waals surface area contributed by atoms with Crippen molar-refractivity contribution in [1.29, 1.82) is 0 Å². The van der Waals surface area contributed by atoms with Crippen LogP contribution in [0.2, 0.25) is 0 Å². The molecule has 0 bridgehead atoms. The van der Waals surface area contributed by atoms with E-state index in [2.05, 4.69) is 48.2 Å². The van der Waals surface area contributed by atoms with Crippen molar-refractivity contribution < 1.29 is 4.79 Å². The van der Waals surface area contributed by atoms with E-state index in [9.17, 15) is 4.79 Å². The van der Waals surface area contributed by atoms with E-state index in [1.807, 2.05) is 11.0 Å². The Bertz CT molecular complexity index is 630. The molecule has 1 aliphatic rings. The lowest BCUT2D eigenvalue weighted by Gasteiger charge is -2.34. The second-order valence-corrected chi connectivity index (χ2v) is 7.16. The van der Waals surface area contributed by atoms with Crippen LogP contribution in [-0.4, -0.2) is 48.4 Å². The van der Waals surface area contributed by atoms with Crippen LogP contribution in [0.15, 0.2) is 42.5 Å². The van der Waals surface area contributed by atoms with Crippen molar-refractivity contribution in [2.75, 3.05) is 32.7 Å². The first kappa shape index (κ1) is 16.2. The Morgan fingerprint density at radius 1 is 1.04 bits per heavy atom. The summed E-state index contributed by atoms with van der Waals surface area (Å²) in [7, 11) is 0. The molecule has 2 aromatic rings. The SMILES string of the molecule is CCc1ccc(C(=O)N2CCN(CCc3ccccc3)CC2)s1. The summed E-state index contributed by atoms with van der Waals surface area (Å²) in [5, 5.41) is 0. The Morgan fingerprint density at radius 3 is 2.43 bits per heavy atom. The zero-order chi connectivity index (χ0) is 16.1. The molecule has 1 aromatic heterocycles. The molecule has 1 aromatic carbocycles. The highest BCUT2D eigenvalue weighted by Crippen LogP contribution is 2.19. The lowest BCUT2D eigenvalue weighted by atomic mass is 10.1. The van der Waals surface area contributed by atoms with E-state index in [0.717, 1.165) is 50.4 Å². The molecule has 0 spiro atoms. The van der Waals surface area contributed by atoms with Gasteiger partial charge in [-0.25, -0.2) is 0 Å². The molecule has 0 aliphatic carbocycles. The Kier molecular flexibility index (Phi) is 5.47. The van der Waals surface area contributed by atoms with Crippen molar-refractivity contribution in [2.45, 2.75) is 19.8 Å². The van der Waals surface area contributed by atoms with Crippen LogP contribution in [-0.2, 0) is 12.8 Å². The molecule has 0 radical (unpaired) electrons. The standard InChI is InChI=1S/C19H24N2OS/c1-2-17-8-9-18(23-17)19(22)21-14-12-20(13-15-21)11-10-16-6-4-3-5-7-16/h3-9H,2,10-15H2,1H3. The number of benzene rings is 1. The lowest BCUT2D eigenvalue weighted by molar-refractivity contribution is 0.0643. The van der Waals surface area contributed by atoms with Crippen LogP contribution in [0.4, 0.5) is 0 Å². The normalized spacial score (nSPS) is 15.8. The fourth-order valence-corrected chi connectivity index (χ4v) is 3.86. The zero-order valence-corrected chi connectivity index (χ0v) is 14.5. The molecule has 0 unspecified atom stereocenters. The smallest absolute Gasteiger partial charge is 0.264 e. The molecule has 1 amide bonds. The third-order valence-electron chi connectivity index (χ3n) is 4.44. The third-order valence-corrected chi connectivity index (χ3v) is 5.66. The van der Waals surface area contributed by atoms with Crippen LogP contribution in [0, 0.1) is 0 Å². The highest BCUT2D eigenvalue weighted by molar-refractivity contribution is 7.14. The number of piperazine rings is 1. The first-order valence-corrected chi connectivity index (χ1v) is 9.22. The van der Waals surface area contributed by atoms with E-state index in [0.29, 0.717) is 0 Å². The number of hydrogen-bond acceptors (Lipinski definition) is 3. The Morgan fingerprint density at radius 2 is 1.78 bits per heavy atom. The predicted octanol–water partition coefficient (Wildman–Crippen LogP) is 3.31. The van der Waals surface area contributed by atoms with Gasteiger partial charge in [-0.1, -0.05) is 37.3 Å². The number of aryl methyl sites for hydroxylation is 1. The minimum Gasteiger partial charge on any atom is -0.335 e. The van der Waals surface area contributed by atoms with Crippen LogP contribution in [0.5, 0.6) is 0 Å². The molecular weight excluding hydrogens is 304 g/mol. The number of carbonyl (C=O) groups excluding carboxylic acids is 1. The first-order valence-electron chi connectivity index (χ1n) is 8.40. The topological polar surface area (TPSA) is 23.6 Å². The Hall–Kier alpha value is -1.65. The molecule has 1 aliphatic heterocycles. The van der Waals surface area contributed by atoms with Crippen molar-refractivity contribution in [1.82, 2.24) is 9.80 Å². The summed E-state index contributed by atoms with van der Waals surface area (Å²) in [6.45, 7) is 6.84. The Labute approximate surface area is 142 Å². The molecular formula is C19H24N2OS. The molecule has 1 fully saturated rings. The lowest BCUT2D eigenvalue weighted by Crippen LogP contribution is -2.48. The summed E-state index contributed by atoms with van der Waals surface area (Å²) in [6, 6.07) is 14.7. The quantitative estimate of drug-likeness (QED) is 0.841. The van der Waals surface area contributed by atoms with Crippen LogP contribution >= 0.6 is 11.3 Å². The molecule has 2 heterocycles. The van der Waals surface area contributed by atoms with E-state index in [-0.39, 0.29) is 5.91 Å². The summed E-state index contributed by atoms with van der Waals surface area (Å²) in [6.07, 6.45) is 2.09. The molecule has 1 saturated heterocycles. The van der Waals surface area contributed by atoms with Crippen molar-refractivity contribution >= 4 is 17.2 Å². The van der Waals surface area contributed by atoms with E-state index in [1.54, 1.807) is 11.3 Å². The van der Waals surface area contributed by atoms with Gasteiger partial charge in [0.15, 0.2) is 0 Å². The van der Waals surface area contributed by atoms with Crippen LogP contribution in [0.1, 0.15) is 27.0 Å². The predicted molar refractivity (Wildman–Crippen MR) is 96.2 cm³/mol. The largest absolute Gasteiger partial charge is 0.335 e. The molecule has 122 valence electrons. The maximum Gasteiger partial charge on any atom is 0.264 e. The molecule has 0 N–H and O–H groups in total. The highest BCUT2D eigenvalue weighted by atomic mass is 32.1. The van der Waals surface area contributed by atoms with Gasteiger partial charge in [0.2, 0.25) is 0 Å². The third kappa shape index (κ3) is 4.21. The van der Waals surface area contributed by atoms with Gasteiger partial charge in [-0.15, -0.1) is 11.3 Å². The average Bonchev–Trinajstić information content (AvgIpc) is 3.10. The number of hydrogen-bond donors (Lipinski definition) is 0. The second kappa shape index (κ2) is 7.75. The van der Waals surface area contributed by atoms with Crippen LogP contribution < -0.4 is 0 Å². The molecule has 0 saturated carbocycles. The fourth-order valence-electron chi connectivity index (χ4n) is 2.95. The van der Waals surface area contributed by atoms with Gasteiger partial charge in [0.25, 0.3) is 5.91 Å². The summed E-state index contributed by atoms with van der Waals surface area (Å²) < 4.78 is 0. The maximum atomic E-state index is 12.5. The number of rotatable bonds is 5. The number of amides is 1. The van der Waals surface area contributed by atoms with Gasteiger partial charge < -0.3 is 4.90 Å². The number of thiophene rings is 1. The fraction of sp³-hybridized carbons (Fsp3) is 0.421. The second-order valence-electron chi connectivity index (χ2n) is 5.99.